The van der Waals surface area contributed by atoms with E-state index in [0.717, 1.165) is 5.56 Å². The monoisotopic (exact) mass is 328 g/mol. The Morgan fingerprint density at radius 1 is 1.43 bits per heavy atom. The second kappa shape index (κ2) is 6.91. The van der Waals surface area contributed by atoms with Crippen LogP contribution in [0.5, 0.6) is 0 Å². The van der Waals surface area contributed by atoms with E-state index in [0.29, 0.717) is 28.9 Å². The summed E-state index contributed by atoms with van der Waals surface area (Å²) in [4.78, 5) is 15.8. The van der Waals surface area contributed by atoms with Crippen molar-refractivity contribution >= 4 is 29.2 Å². The Labute approximate surface area is 132 Å². The summed E-state index contributed by atoms with van der Waals surface area (Å²) in [5.74, 6) is -0.303. The molecule has 0 bridgehead atoms. The number of hydrogen-bond acceptors (Lipinski definition) is 5. The van der Waals surface area contributed by atoms with Crippen LogP contribution in [0.3, 0.4) is 0 Å². The van der Waals surface area contributed by atoms with Gasteiger partial charge in [0.2, 0.25) is 5.89 Å². The van der Waals surface area contributed by atoms with Gasteiger partial charge in [0, 0.05) is 16.5 Å². The first-order chi connectivity index (χ1) is 10.0. The Kier molecular flexibility index (Phi) is 5.20. The molecule has 1 heterocycles. The molecular formula is C14H14Cl2N2O3. The molecule has 0 aliphatic carbocycles. The van der Waals surface area contributed by atoms with E-state index in [9.17, 15) is 4.79 Å². The molecule has 0 saturated carbocycles. The van der Waals surface area contributed by atoms with Gasteiger partial charge in [0.05, 0.1) is 6.61 Å². The minimum absolute atomic E-state index is 0.230. The number of carbonyl (C=O) groups is 1. The highest BCUT2D eigenvalue weighted by Crippen LogP contribution is 2.23. The predicted molar refractivity (Wildman–Crippen MR) is 78.6 cm³/mol. The highest BCUT2D eigenvalue weighted by atomic mass is 35.5. The van der Waals surface area contributed by atoms with E-state index < -0.39 is 11.9 Å². The zero-order valence-corrected chi connectivity index (χ0v) is 13.1. The van der Waals surface area contributed by atoms with Crippen LogP contribution in [-0.4, -0.2) is 22.7 Å². The lowest BCUT2D eigenvalue weighted by Crippen LogP contribution is -2.13. The first kappa shape index (κ1) is 15.8. The Bertz CT molecular complexity index is 643. The molecule has 0 spiro atoms. The Balaban J connectivity index is 2.11. The fraction of sp³-hybridized carbons (Fsp3) is 0.357. The number of nitrogens with zero attached hydrogens (tertiary/aromatic N) is 2. The van der Waals surface area contributed by atoms with Crippen LogP contribution in [0, 0.1) is 0 Å². The molecule has 7 heteroatoms. The smallest absolute Gasteiger partial charge is 0.318 e. The van der Waals surface area contributed by atoms with Crippen molar-refractivity contribution < 1.29 is 14.1 Å². The van der Waals surface area contributed by atoms with Gasteiger partial charge in [0.15, 0.2) is 5.82 Å². The van der Waals surface area contributed by atoms with Gasteiger partial charge in [-0.25, -0.2) is 0 Å². The standard InChI is InChI=1S/C14H14Cl2N2O3/c1-3-20-14(19)8(2)13-17-12(18-21-13)6-9-4-5-10(15)7-11(9)16/h4-5,7-8H,3,6H2,1-2H3. The molecule has 0 N–H and O–H groups in total. The lowest BCUT2D eigenvalue weighted by atomic mass is 10.1. The van der Waals surface area contributed by atoms with Crippen molar-refractivity contribution in [2.45, 2.75) is 26.2 Å². The maximum absolute atomic E-state index is 11.6. The minimum atomic E-state index is -0.591. The molecule has 112 valence electrons. The van der Waals surface area contributed by atoms with E-state index in [-0.39, 0.29) is 5.89 Å². The van der Waals surface area contributed by atoms with Crippen molar-refractivity contribution in [3.63, 3.8) is 0 Å². The van der Waals surface area contributed by atoms with Gasteiger partial charge in [-0.3, -0.25) is 4.79 Å². The van der Waals surface area contributed by atoms with Crippen LogP contribution >= 0.6 is 23.2 Å². The maximum Gasteiger partial charge on any atom is 0.318 e. The van der Waals surface area contributed by atoms with Crippen LogP contribution in [0.25, 0.3) is 0 Å². The lowest BCUT2D eigenvalue weighted by molar-refractivity contribution is -0.145. The average Bonchev–Trinajstić information content (AvgIpc) is 2.90. The number of rotatable bonds is 5. The quantitative estimate of drug-likeness (QED) is 0.784. The normalized spacial score (nSPS) is 12.2. The summed E-state index contributed by atoms with van der Waals surface area (Å²) in [6.45, 7) is 3.71. The van der Waals surface area contributed by atoms with Crippen LogP contribution in [0.4, 0.5) is 0 Å². The molecule has 2 rings (SSSR count). The molecule has 0 amide bonds. The number of esters is 1. The topological polar surface area (TPSA) is 65.2 Å². The van der Waals surface area contributed by atoms with Crippen LogP contribution in [0.1, 0.15) is 37.0 Å². The molecular weight excluding hydrogens is 315 g/mol. The maximum atomic E-state index is 11.6. The van der Waals surface area contributed by atoms with Gasteiger partial charge in [0.1, 0.15) is 5.92 Å². The Morgan fingerprint density at radius 3 is 2.86 bits per heavy atom. The summed E-state index contributed by atoms with van der Waals surface area (Å²) in [6.07, 6.45) is 0.398. The summed E-state index contributed by atoms with van der Waals surface area (Å²) >= 11 is 11.9. The second-order valence-corrected chi connectivity index (χ2v) is 5.28. The van der Waals surface area contributed by atoms with Gasteiger partial charge in [-0.05, 0) is 31.5 Å². The fourth-order valence-corrected chi connectivity index (χ4v) is 2.19. The van der Waals surface area contributed by atoms with E-state index in [1.165, 1.54) is 0 Å². The first-order valence-corrected chi connectivity index (χ1v) is 7.20. The van der Waals surface area contributed by atoms with Crippen LogP contribution < -0.4 is 0 Å². The van der Waals surface area contributed by atoms with E-state index in [1.54, 1.807) is 32.0 Å². The molecule has 0 saturated heterocycles. The van der Waals surface area contributed by atoms with Crippen LogP contribution in [0.2, 0.25) is 10.0 Å². The van der Waals surface area contributed by atoms with Gasteiger partial charge in [-0.15, -0.1) is 0 Å². The van der Waals surface area contributed by atoms with Gasteiger partial charge in [-0.1, -0.05) is 34.4 Å². The third-order valence-electron chi connectivity index (χ3n) is 2.86. The van der Waals surface area contributed by atoms with Crippen molar-refractivity contribution in [3.8, 4) is 0 Å². The second-order valence-electron chi connectivity index (χ2n) is 4.44. The van der Waals surface area contributed by atoms with Crippen molar-refractivity contribution in [2.75, 3.05) is 6.61 Å². The zero-order valence-electron chi connectivity index (χ0n) is 11.6. The number of benzene rings is 1. The van der Waals surface area contributed by atoms with Crippen molar-refractivity contribution in [1.82, 2.24) is 10.1 Å². The molecule has 0 fully saturated rings. The van der Waals surface area contributed by atoms with E-state index in [1.807, 2.05) is 0 Å². The van der Waals surface area contributed by atoms with Gasteiger partial charge in [-0.2, -0.15) is 4.98 Å². The number of aromatic nitrogens is 2. The SMILES string of the molecule is CCOC(=O)C(C)c1nc(Cc2ccc(Cl)cc2Cl)no1. The molecule has 0 aliphatic rings. The third-order valence-corrected chi connectivity index (χ3v) is 3.44. The predicted octanol–water partition coefficient (Wildman–Crippen LogP) is 3.63. The van der Waals surface area contributed by atoms with E-state index >= 15 is 0 Å². The summed E-state index contributed by atoms with van der Waals surface area (Å²) in [6, 6.07) is 5.20. The molecule has 5 nitrogen and oxygen atoms in total. The van der Waals surface area contributed by atoms with Crippen molar-refractivity contribution in [1.29, 1.82) is 0 Å². The van der Waals surface area contributed by atoms with Gasteiger partial charge >= 0.3 is 5.97 Å². The highest BCUT2D eigenvalue weighted by Gasteiger charge is 2.23. The van der Waals surface area contributed by atoms with E-state index in [2.05, 4.69) is 10.1 Å². The number of carbonyl (C=O) groups excluding carboxylic acids is 1. The molecule has 0 aliphatic heterocycles. The molecule has 2 aromatic rings. The first-order valence-electron chi connectivity index (χ1n) is 6.44. The third kappa shape index (κ3) is 3.95. The van der Waals surface area contributed by atoms with Crippen LogP contribution in [-0.2, 0) is 16.0 Å². The Morgan fingerprint density at radius 2 is 2.19 bits per heavy atom. The number of hydrogen-bond donors (Lipinski definition) is 0. The highest BCUT2D eigenvalue weighted by molar-refractivity contribution is 6.35. The Hall–Kier alpha value is -1.59. The molecule has 1 aromatic heterocycles. The van der Waals surface area contributed by atoms with E-state index in [4.69, 9.17) is 32.5 Å². The van der Waals surface area contributed by atoms with Crippen molar-refractivity contribution in [3.05, 3.63) is 45.5 Å². The summed E-state index contributed by atoms with van der Waals surface area (Å²) in [7, 11) is 0. The van der Waals surface area contributed by atoms with Crippen LogP contribution in [0.15, 0.2) is 22.7 Å². The minimum Gasteiger partial charge on any atom is -0.465 e. The average molecular weight is 329 g/mol. The zero-order chi connectivity index (χ0) is 15.4. The van der Waals surface area contributed by atoms with Gasteiger partial charge < -0.3 is 9.26 Å². The lowest BCUT2D eigenvalue weighted by Gasteiger charge is -2.04. The molecule has 21 heavy (non-hydrogen) atoms. The summed E-state index contributed by atoms with van der Waals surface area (Å²) in [5, 5.41) is 4.95. The summed E-state index contributed by atoms with van der Waals surface area (Å²) < 4.78 is 10.0. The van der Waals surface area contributed by atoms with Gasteiger partial charge in [0.25, 0.3) is 0 Å². The van der Waals surface area contributed by atoms with Crippen molar-refractivity contribution in [2.24, 2.45) is 0 Å². The molecule has 1 aromatic carbocycles. The number of halogens is 2. The molecule has 0 radical (unpaired) electrons. The molecule has 1 unspecified atom stereocenters. The summed E-state index contributed by atoms with van der Waals surface area (Å²) in [5.41, 5.74) is 0.831. The number of ether oxygens (including phenoxy) is 1. The fourth-order valence-electron chi connectivity index (χ4n) is 1.72. The molecule has 1 atom stereocenters. The largest absolute Gasteiger partial charge is 0.465 e.